The fourth-order valence-electron chi connectivity index (χ4n) is 10.6. The number of halogens is 3. The molecule has 7 aliphatic rings. The molecule has 7 atom stereocenters. The molecule has 16 nitrogen and oxygen atoms in total. The molecule has 3 aromatic rings. The van der Waals surface area contributed by atoms with Crippen LogP contribution in [0.15, 0.2) is 18.2 Å². The number of rotatable bonds is 4. The third kappa shape index (κ3) is 6.95. The molecule has 1 unspecified atom stereocenters. The quantitative estimate of drug-likeness (QED) is 0.173. The Bertz CT molecular complexity index is 2580. The largest absolute Gasteiger partial charge is 0.514 e. The number of phenols is 1. The summed E-state index contributed by atoms with van der Waals surface area (Å²) in [6.45, 7) is 7.84. The Kier molecular flexibility index (Phi) is 10.8. The lowest BCUT2D eigenvalue weighted by molar-refractivity contribution is -0.189. The number of carbonyl (C=O) groups excluding carboxylic acids is 3. The molecular formula is C45H47F3N4O12S. The number of aryl methyl sites for hydroxylation is 1. The summed E-state index contributed by atoms with van der Waals surface area (Å²) in [4.78, 5) is 44.7. The number of hydrogen-bond acceptors (Lipinski definition) is 17. The number of carbonyl (C=O) groups is 3. The number of methoxy groups -OCH3 is 2. The van der Waals surface area contributed by atoms with Crippen LogP contribution in [0, 0.1) is 25.2 Å². The summed E-state index contributed by atoms with van der Waals surface area (Å²) in [5.41, 5.74) is 0.972. The van der Waals surface area contributed by atoms with Crippen molar-refractivity contribution in [3.63, 3.8) is 0 Å². The van der Waals surface area contributed by atoms with Crippen molar-refractivity contribution in [2.24, 2.45) is 0 Å². The van der Waals surface area contributed by atoms with Crippen LogP contribution in [0.3, 0.4) is 0 Å². The van der Waals surface area contributed by atoms with Gasteiger partial charge in [0.25, 0.3) is 0 Å². The van der Waals surface area contributed by atoms with E-state index < -0.39 is 83.2 Å². The van der Waals surface area contributed by atoms with Crippen molar-refractivity contribution in [1.82, 2.24) is 15.1 Å². The van der Waals surface area contributed by atoms with Gasteiger partial charge in [0.15, 0.2) is 40.0 Å². The van der Waals surface area contributed by atoms with Gasteiger partial charge in [-0.15, -0.1) is 11.8 Å². The Morgan fingerprint density at radius 1 is 0.985 bits per heavy atom. The molecule has 65 heavy (non-hydrogen) atoms. The van der Waals surface area contributed by atoms with Crippen LogP contribution in [0.5, 0.6) is 40.2 Å². The normalized spacial score (nSPS) is 26.7. The van der Waals surface area contributed by atoms with Crippen molar-refractivity contribution in [3.8, 4) is 46.3 Å². The van der Waals surface area contributed by atoms with E-state index in [4.69, 9.17) is 37.9 Å². The average molecular weight is 925 g/mol. The molecule has 10 rings (SSSR count). The first kappa shape index (κ1) is 44.6. The average Bonchev–Trinajstić information content (AvgIpc) is 3.73. The SMILES string of the molecule is COc1cc2c(cc1OC(=O)OC(C)(C)C)CCN[C@]21CS[C@@H]2c3c(OC(=O)C(F)(F)F)c(C)c4c(c3[C@H](COC1=O)N1C2[C@H]2c3c(cc(C)c(OC)c3O)C[C@H]([C@@H]1C#N)N2C)OCO4. The maximum atomic E-state index is 15.0. The van der Waals surface area contributed by atoms with E-state index in [-0.39, 0.29) is 70.3 Å². The summed E-state index contributed by atoms with van der Waals surface area (Å²) in [6.07, 6.45) is -5.64. The second-order valence-corrected chi connectivity index (χ2v) is 19.1. The third-order valence-corrected chi connectivity index (χ3v) is 14.7. The second-order valence-electron chi connectivity index (χ2n) is 17.9. The van der Waals surface area contributed by atoms with Crippen molar-refractivity contribution in [2.75, 3.05) is 47.0 Å². The van der Waals surface area contributed by atoms with E-state index in [2.05, 4.69) is 11.4 Å². The Labute approximate surface area is 376 Å². The molecule has 0 amide bonds. The lowest BCUT2D eigenvalue weighted by Gasteiger charge is -2.62. The Hall–Kier alpha value is -5.62. The molecule has 2 N–H and O–H groups in total. The first-order chi connectivity index (χ1) is 30.7. The smallest absolute Gasteiger partial charge is 0.504 e. The topological polar surface area (TPSA) is 188 Å². The van der Waals surface area contributed by atoms with Crippen molar-refractivity contribution in [3.05, 3.63) is 62.7 Å². The number of alkyl halides is 3. The van der Waals surface area contributed by atoms with Gasteiger partial charge in [0.05, 0.1) is 37.6 Å². The summed E-state index contributed by atoms with van der Waals surface area (Å²) >= 11 is 1.18. The van der Waals surface area contributed by atoms with Crippen LogP contribution in [0.2, 0.25) is 0 Å². The van der Waals surface area contributed by atoms with Gasteiger partial charge in [0.1, 0.15) is 24.0 Å². The number of hydrogen-bond donors (Lipinski definition) is 2. The van der Waals surface area contributed by atoms with E-state index >= 15 is 4.79 Å². The predicted molar refractivity (Wildman–Crippen MR) is 224 cm³/mol. The number of esters is 2. The minimum atomic E-state index is -5.39. The van der Waals surface area contributed by atoms with E-state index in [1.54, 1.807) is 39.8 Å². The van der Waals surface area contributed by atoms with Crippen LogP contribution in [0.25, 0.3) is 0 Å². The van der Waals surface area contributed by atoms with E-state index in [0.717, 1.165) is 5.56 Å². The molecule has 1 spiro atoms. The number of likely N-dealkylation sites (N-methyl/N-ethyl adjacent to an activating group) is 1. The Morgan fingerprint density at radius 3 is 2.40 bits per heavy atom. The van der Waals surface area contributed by atoms with Gasteiger partial charge in [-0.1, -0.05) is 6.07 Å². The molecule has 0 aromatic heterocycles. The molecule has 20 heteroatoms. The lowest BCUT2D eigenvalue weighted by Crippen LogP contribution is -2.69. The van der Waals surface area contributed by atoms with Crippen LogP contribution in [-0.2, 0) is 37.4 Å². The molecule has 0 radical (unpaired) electrons. The number of aromatic hydroxyl groups is 1. The summed E-state index contributed by atoms with van der Waals surface area (Å²) in [6, 6.07) is 3.51. The number of benzene rings is 3. The van der Waals surface area contributed by atoms with Crippen LogP contribution >= 0.6 is 11.8 Å². The lowest BCUT2D eigenvalue weighted by atomic mass is 9.71. The van der Waals surface area contributed by atoms with Crippen LogP contribution in [0.4, 0.5) is 18.0 Å². The predicted octanol–water partition coefficient (Wildman–Crippen LogP) is 6.14. The zero-order valence-electron chi connectivity index (χ0n) is 36.8. The summed E-state index contributed by atoms with van der Waals surface area (Å²) in [5.74, 6) is -3.23. The minimum Gasteiger partial charge on any atom is -0.504 e. The molecule has 3 aromatic carbocycles. The van der Waals surface area contributed by atoms with Gasteiger partial charge >= 0.3 is 24.3 Å². The highest BCUT2D eigenvalue weighted by Crippen LogP contribution is 2.65. The summed E-state index contributed by atoms with van der Waals surface area (Å²) in [5, 5.41) is 25.7. The zero-order chi connectivity index (χ0) is 46.7. The fourth-order valence-corrected chi connectivity index (χ4v) is 12.3. The van der Waals surface area contributed by atoms with Gasteiger partial charge in [0.2, 0.25) is 6.79 Å². The monoisotopic (exact) mass is 924 g/mol. The van der Waals surface area contributed by atoms with Crippen LogP contribution in [0.1, 0.15) is 82.6 Å². The van der Waals surface area contributed by atoms with Crippen LogP contribution in [-0.4, -0.2) is 110 Å². The maximum absolute atomic E-state index is 15.0. The highest BCUT2D eigenvalue weighted by molar-refractivity contribution is 7.99. The zero-order valence-corrected chi connectivity index (χ0v) is 37.6. The molecule has 2 fully saturated rings. The van der Waals surface area contributed by atoms with E-state index in [0.29, 0.717) is 35.1 Å². The molecule has 7 aliphatic heterocycles. The highest BCUT2D eigenvalue weighted by atomic mass is 32.2. The standard InChI is InChI=1S/C45H47F3N4O12S/c1-19-11-22-12-24-25(15-49)52-26-16-59-40(54)44(23-14-27(57-7)28(13-21(23)9-10-50-44)62-42(56)64-43(3,4)5)17-65-39(33(52)32(51(24)6)29(22)34(53)35(19)58-8)31-30(26)38-37(60-18-61-38)20(2)36(31)63-41(55)45(46,47)48/h11,13-14,24-26,32-33,39,50,53H,9-10,12,16-18H2,1-8H3/t24-,25+,26+,32-,33?,39-,44-/m1/s1. The molecule has 346 valence electrons. The number of phenolic OH excluding ortho intramolecular Hbond substituents is 1. The fraction of sp³-hybridized carbons (Fsp3) is 0.511. The molecule has 2 saturated heterocycles. The molecule has 7 heterocycles. The van der Waals surface area contributed by atoms with Gasteiger partial charge < -0.3 is 43.0 Å². The number of nitriles is 1. The molecule has 0 saturated carbocycles. The van der Waals surface area contributed by atoms with E-state index in [9.17, 15) is 33.1 Å². The number of nitrogens with zero attached hydrogens (tertiary/aromatic N) is 3. The maximum Gasteiger partial charge on any atom is 0.514 e. The van der Waals surface area contributed by atoms with Crippen LogP contribution < -0.4 is 33.7 Å². The minimum absolute atomic E-state index is 0.0474. The van der Waals surface area contributed by atoms with Crippen molar-refractivity contribution >= 4 is 29.9 Å². The number of fused-ring (bicyclic) bond motifs is 9. The van der Waals surface area contributed by atoms with E-state index in [1.807, 2.05) is 22.9 Å². The second kappa shape index (κ2) is 15.8. The summed E-state index contributed by atoms with van der Waals surface area (Å²) in [7, 11) is 4.65. The van der Waals surface area contributed by atoms with Crippen molar-refractivity contribution in [1.29, 1.82) is 5.26 Å². The van der Waals surface area contributed by atoms with Gasteiger partial charge in [-0.2, -0.15) is 18.4 Å². The van der Waals surface area contributed by atoms with Gasteiger partial charge in [-0.25, -0.2) is 14.4 Å². The molecule has 4 bridgehead atoms. The number of nitrogens with one attached hydrogen (secondary N) is 1. The van der Waals surface area contributed by atoms with E-state index in [1.165, 1.54) is 32.9 Å². The number of ether oxygens (including phenoxy) is 8. The van der Waals surface area contributed by atoms with Gasteiger partial charge in [-0.05, 0) is 88.9 Å². The van der Waals surface area contributed by atoms with Gasteiger partial charge in [-0.3, -0.25) is 15.1 Å². The third-order valence-electron chi connectivity index (χ3n) is 13.2. The number of thioether (sulfide) groups is 1. The van der Waals surface area contributed by atoms with Crippen molar-refractivity contribution < 1.29 is 70.6 Å². The molecule has 0 aliphatic carbocycles. The summed E-state index contributed by atoms with van der Waals surface area (Å²) < 4.78 is 88.9. The number of piperazine rings is 1. The Balaban J connectivity index is 1.28. The first-order valence-corrected chi connectivity index (χ1v) is 22.0. The van der Waals surface area contributed by atoms with Crippen molar-refractivity contribution in [2.45, 2.75) is 100 Å². The molecular weight excluding hydrogens is 878 g/mol. The first-order valence-electron chi connectivity index (χ1n) is 20.9. The van der Waals surface area contributed by atoms with Gasteiger partial charge in [0, 0.05) is 46.6 Å². The Morgan fingerprint density at radius 2 is 1.72 bits per heavy atom. The highest BCUT2D eigenvalue weighted by Gasteiger charge is 2.62.